The van der Waals surface area contributed by atoms with Crippen LogP contribution in [0.3, 0.4) is 0 Å². The summed E-state index contributed by atoms with van der Waals surface area (Å²) in [5.41, 5.74) is 2.80. The van der Waals surface area contributed by atoms with Crippen LogP contribution in [0.15, 0.2) is 112 Å². The molecule has 0 aliphatic rings. The average molecular weight is 665 g/mol. The first kappa shape index (κ1) is 31.8. The lowest BCUT2D eigenvalue weighted by Crippen LogP contribution is -2.53. The van der Waals surface area contributed by atoms with Crippen molar-refractivity contribution < 1.29 is 22.7 Å². The lowest BCUT2D eigenvalue weighted by Gasteiger charge is -2.33. The van der Waals surface area contributed by atoms with Crippen molar-refractivity contribution in [2.75, 3.05) is 25.0 Å². The fourth-order valence-corrected chi connectivity index (χ4v) is 6.48. The Morgan fingerprint density at radius 3 is 2.21 bits per heavy atom. The molecule has 1 atom stereocenters. The van der Waals surface area contributed by atoms with Crippen molar-refractivity contribution in [3.8, 4) is 5.75 Å². The largest absolute Gasteiger partial charge is 0.497 e. The smallest absolute Gasteiger partial charge is 0.264 e. The van der Waals surface area contributed by atoms with Gasteiger partial charge in [-0.05, 0) is 60.5 Å². The Bertz CT molecular complexity index is 1660. The molecule has 0 heterocycles. The van der Waals surface area contributed by atoms with E-state index in [0.717, 1.165) is 21.0 Å². The van der Waals surface area contributed by atoms with Gasteiger partial charge in [0, 0.05) is 24.5 Å². The molecule has 0 aromatic heterocycles. The van der Waals surface area contributed by atoms with Crippen molar-refractivity contribution in [3.05, 3.63) is 124 Å². The van der Waals surface area contributed by atoms with Crippen molar-refractivity contribution >= 4 is 43.5 Å². The summed E-state index contributed by atoms with van der Waals surface area (Å²) in [4.78, 5) is 29.2. The van der Waals surface area contributed by atoms with Crippen LogP contribution in [0.2, 0.25) is 0 Å². The predicted molar refractivity (Wildman–Crippen MR) is 171 cm³/mol. The Balaban J connectivity index is 1.79. The Kier molecular flexibility index (Phi) is 10.6. The van der Waals surface area contributed by atoms with Crippen molar-refractivity contribution in [1.29, 1.82) is 0 Å². The van der Waals surface area contributed by atoms with Gasteiger partial charge in [0.15, 0.2) is 0 Å². The molecule has 0 aliphatic heterocycles. The van der Waals surface area contributed by atoms with Gasteiger partial charge in [-0.25, -0.2) is 8.42 Å². The van der Waals surface area contributed by atoms with Gasteiger partial charge < -0.3 is 15.0 Å². The van der Waals surface area contributed by atoms with Crippen LogP contribution in [0, 0.1) is 6.92 Å². The van der Waals surface area contributed by atoms with Gasteiger partial charge in [-0.1, -0.05) is 82.2 Å². The number of halogens is 1. The summed E-state index contributed by atoms with van der Waals surface area (Å²) >= 11 is 3.42. The number of nitrogens with one attached hydrogen (secondary N) is 1. The van der Waals surface area contributed by atoms with Crippen LogP contribution < -0.4 is 14.4 Å². The summed E-state index contributed by atoms with van der Waals surface area (Å²) in [5, 5.41) is 2.69. The highest BCUT2D eigenvalue weighted by Gasteiger charge is 2.34. The number of nitrogens with zero attached hydrogens (tertiary/aromatic N) is 2. The SMILES string of the molecule is CNC(=O)C(Cc1ccccc1)N(Cc1cccc(OC)c1)C(=O)CN(c1cccc(Br)c1)S(=O)(=O)c1ccc(C)cc1. The van der Waals surface area contributed by atoms with Crippen LogP contribution >= 0.6 is 15.9 Å². The molecule has 1 N–H and O–H groups in total. The normalized spacial score (nSPS) is 11.8. The van der Waals surface area contributed by atoms with Crippen LogP contribution in [0.4, 0.5) is 5.69 Å². The van der Waals surface area contributed by atoms with E-state index in [1.165, 1.54) is 24.1 Å². The number of amides is 2. The maximum Gasteiger partial charge on any atom is 0.264 e. The third-order valence-electron chi connectivity index (χ3n) is 6.99. The zero-order valence-corrected chi connectivity index (χ0v) is 26.6. The minimum atomic E-state index is -4.17. The maximum absolute atomic E-state index is 14.4. The van der Waals surface area contributed by atoms with Gasteiger partial charge in [-0.3, -0.25) is 13.9 Å². The van der Waals surface area contributed by atoms with Gasteiger partial charge in [0.1, 0.15) is 18.3 Å². The van der Waals surface area contributed by atoms with E-state index in [4.69, 9.17) is 4.74 Å². The van der Waals surface area contributed by atoms with Gasteiger partial charge in [-0.15, -0.1) is 0 Å². The zero-order valence-electron chi connectivity index (χ0n) is 24.2. The van der Waals surface area contributed by atoms with E-state index in [-0.39, 0.29) is 23.8 Å². The monoisotopic (exact) mass is 663 g/mol. The van der Waals surface area contributed by atoms with Crippen molar-refractivity contribution in [3.63, 3.8) is 0 Å². The molecule has 1 unspecified atom stereocenters. The molecule has 8 nitrogen and oxygen atoms in total. The van der Waals surface area contributed by atoms with E-state index in [1.807, 2.05) is 43.3 Å². The highest BCUT2D eigenvalue weighted by atomic mass is 79.9. The summed E-state index contributed by atoms with van der Waals surface area (Å²) in [7, 11) is -1.10. The summed E-state index contributed by atoms with van der Waals surface area (Å²) in [6.07, 6.45) is 0.234. The molecular weight excluding hydrogens is 630 g/mol. The molecule has 0 fully saturated rings. The third-order valence-corrected chi connectivity index (χ3v) is 9.27. The number of hydrogen-bond donors (Lipinski definition) is 1. The van der Waals surface area contributed by atoms with Crippen molar-refractivity contribution in [1.82, 2.24) is 10.2 Å². The molecule has 0 saturated heterocycles. The number of aryl methyl sites for hydroxylation is 1. The van der Waals surface area contributed by atoms with Gasteiger partial charge >= 0.3 is 0 Å². The highest BCUT2D eigenvalue weighted by molar-refractivity contribution is 9.10. The third kappa shape index (κ3) is 8.03. The first-order chi connectivity index (χ1) is 20.6. The highest BCUT2D eigenvalue weighted by Crippen LogP contribution is 2.28. The van der Waals surface area contributed by atoms with Gasteiger partial charge in [0.05, 0.1) is 17.7 Å². The topological polar surface area (TPSA) is 96.0 Å². The number of rotatable bonds is 12. The van der Waals surface area contributed by atoms with Gasteiger partial charge in [-0.2, -0.15) is 0 Å². The predicted octanol–water partition coefficient (Wildman–Crippen LogP) is 5.35. The van der Waals surface area contributed by atoms with E-state index in [1.54, 1.807) is 61.7 Å². The van der Waals surface area contributed by atoms with E-state index in [9.17, 15) is 18.0 Å². The Labute approximate surface area is 261 Å². The number of likely N-dealkylation sites (N-methyl/N-ethyl adjacent to an activating group) is 1. The minimum Gasteiger partial charge on any atom is -0.497 e. The fraction of sp³-hybridized carbons (Fsp3) is 0.212. The Morgan fingerprint density at radius 2 is 1.56 bits per heavy atom. The number of ether oxygens (including phenoxy) is 1. The summed E-state index contributed by atoms with van der Waals surface area (Å²) in [5.74, 6) is -0.305. The molecule has 4 aromatic rings. The Morgan fingerprint density at radius 1 is 0.884 bits per heavy atom. The lowest BCUT2D eigenvalue weighted by molar-refractivity contribution is -0.139. The quantitative estimate of drug-likeness (QED) is 0.221. The first-order valence-electron chi connectivity index (χ1n) is 13.6. The van der Waals surface area contributed by atoms with Crippen molar-refractivity contribution in [2.45, 2.75) is 30.8 Å². The molecule has 0 saturated carbocycles. The molecular formula is C33H34BrN3O5S. The average Bonchev–Trinajstić information content (AvgIpc) is 3.01. The second-order valence-corrected chi connectivity index (χ2v) is 12.8. The molecule has 4 aromatic carbocycles. The number of carbonyl (C=O) groups is 2. The van der Waals surface area contributed by atoms with Crippen LogP contribution in [-0.4, -0.2) is 51.9 Å². The number of anilines is 1. The summed E-state index contributed by atoms with van der Waals surface area (Å²) in [6, 6.07) is 28.9. The minimum absolute atomic E-state index is 0.0531. The second-order valence-electron chi connectivity index (χ2n) is 10.00. The van der Waals surface area contributed by atoms with E-state index in [2.05, 4.69) is 21.2 Å². The number of sulfonamides is 1. The second kappa shape index (κ2) is 14.3. The summed E-state index contributed by atoms with van der Waals surface area (Å²) < 4.78 is 35.2. The molecule has 2 amide bonds. The molecule has 0 radical (unpaired) electrons. The standard InChI is InChI=1S/C33H34BrN3O5S/c1-24-15-17-30(18-16-24)43(40,41)37(28-13-8-12-27(34)21-28)23-32(38)36(22-26-11-7-14-29(19-26)42-3)31(33(39)35-2)20-25-9-5-4-6-10-25/h4-19,21,31H,20,22-23H2,1-3H3,(H,35,39). The van der Waals surface area contributed by atoms with Crippen LogP contribution in [0.25, 0.3) is 0 Å². The molecule has 4 rings (SSSR count). The number of carbonyl (C=O) groups excluding carboxylic acids is 2. The van der Waals surface area contributed by atoms with E-state index < -0.39 is 28.5 Å². The molecule has 43 heavy (non-hydrogen) atoms. The summed E-state index contributed by atoms with van der Waals surface area (Å²) in [6.45, 7) is 1.39. The molecule has 0 spiro atoms. The molecule has 10 heteroatoms. The lowest BCUT2D eigenvalue weighted by atomic mass is 10.0. The van der Waals surface area contributed by atoms with Gasteiger partial charge in [0.2, 0.25) is 11.8 Å². The molecule has 0 bridgehead atoms. The number of hydrogen-bond acceptors (Lipinski definition) is 5. The van der Waals surface area contributed by atoms with Crippen molar-refractivity contribution in [2.24, 2.45) is 0 Å². The molecule has 224 valence electrons. The van der Waals surface area contributed by atoms with Crippen LogP contribution in [-0.2, 0) is 32.6 Å². The van der Waals surface area contributed by atoms with E-state index >= 15 is 0 Å². The zero-order chi connectivity index (χ0) is 31.0. The van der Waals surface area contributed by atoms with Crippen LogP contribution in [0.1, 0.15) is 16.7 Å². The first-order valence-corrected chi connectivity index (χ1v) is 15.9. The number of methoxy groups -OCH3 is 1. The van der Waals surface area contributed by atoms with Gasteiger partial charge in [0.25, 0.3) is 10.0 Å². The Hall–Kier alpha value is -4.15. The maximum atomic E-state index is 14.4. The number of benzene rings is 4. The molecule has 0 aliphatic carbocycles. The van der Waals surface area contributed by atoms with Crippen LogP contribution in [0.5, 0.6) is 5.75 Å². The van der Waals surface area contributed by atoms with E-state index in [0.29, 0.717) is 15.9 Å². The fourth-order valence-electron chi connectivity index (χ4n) is 4.69.